The number of amides is 1. The van der Waals surface area contributed by atoms with E-state index in [0.29, 0.717) is 6.42 Å². The molecular formula is C20H31F3N4O3. The van der Waals surface area contributed by atoms with Crippen molar-refractivity contribution in [3.63, 3.8) is 0 Å². The first-order chi connectivity index (χ1) is 14.3. The minimum absolute atomic E-state index is 0.0424. The van der Waals surface area contributed by atoms with E-state index in [0.717, 1.165) is 68.8 Å². The third kappa shape index (κ3) is 7.95. The Morgan fingerprint density at radius 1 is 0.833 bits per heavy atom. The van der Waals surface area contributed by atoms with Gasteiger partial charge in [-0.1, -0.05) is 51.4 Å². The lowest BCUT2D eigenvalue weighted by atomic mass is 10.0. The van der Waals surface area contributed by atoms with Crippen LogP contribution in [0.2, 0.25) is 0 Å². The molecule has 0 atom stereocenters. The number of carboxylic acid groups (broad SMARTS) is 1. The second-order valence-corrected chi connectivity index (χ2v) is 7.83. The molecule has 7 nitrogen and oxygen atoms in total. The predicted octanol–water partition coefficient (Wildman–Crippen LogP) is 4.40. The van der Waals surface area contributed by atoms with Crippen molar-refractivity contribution in [1.82, 2.24) is 19.7 Å². The van der Waals surface area contributed by atoms with Gasteiger partial charge in [0, 0.05) is 25.9 Å². The van der Waals surface area contributed by atoms with Gasteiger partial charge in [-0.15, -0.1) is 10.2 Å². The summed E-state index contributed by atoms with van der Waals surface area (Å²) >= 11 is 0. The van der Waals surface area contributed by atoms with E-state index >= 15 is 0 Å². The number of carboxylic acids is 1. The number of carbonyl (C=O) groups excluding carboxylic acids is 1. The van der Waals surface area contributed by atoms with E-state index < -0.39 is 18.0 Å². The number of fused-ring (bicyclic) bond motifs is 1. The molecule has 0 aliphatic carbocycles. The maximum Gasteiger partial charge on any atom is 0.451 e. The number of rotatable bonds is 13. The van der Waals surface area contributed by atoms with Gasteiger partial charge in [-0.05, 0) is 12.8 Å². The molecule has 1 aliphatic heterocycles. The Labute approximate surface area is 174 Å². The largest absolute Gasteiger partial charge is 0.481 e. The van der Waals surface area contributed by atoms with E-state index in [1.54, 1.807) is 4.90 Å². The number of aromatic nitrogens is 3. The molecule has 10 heteroatoms. The van der Waals surface area contributed by atoms with Crippen molar-refractivity contribution in [2.45, 2.75) is 96.3 Å². The van der Waals surface area contributed by atoms with Crippen LogP contribution in [-0.4, -0.2) is 43.2 Å². The zero-order chi connectivity index (χ0) is 22.0. The minimum Gasteiger partial charge on any atom is -0.481 e. The van der Waals surface area contributed by atoms with Crippen LogP contribution in [0.25, 0.3) is 0 Å². The van der Waals surface area contributed by atoms with Gasteiger partial charge in [-0.25, -0.2) is 0 Å². The lowest BCUT2D eigenvalue weighted by Crippen LogP contribution is -2.39. The van der Waals surface area contributed by atoms with Gasteiger partial charge in [0.05, 0.1) is 6.54 Å². The number of carbonyl (C=O) groups is 2. The van der Waals surface area contributed by atoms with Crippen LogP contribution in [0.5, 0.6) is 0 Å². The Morgan fingerprint density at radius 2 is 1.37 bits per heavy atom. The molecule has 1 aromatic heterocycles. The highest BCUT2D eigenvalue weighted by atomic mass is 19.4. The van der Waals surface area contributed by atoms with Crippen LogP contribution >= 0.6 is 0 Å². The molecule has 0 fully saturated rings. The zero-order valence-electron chi connectivity index (χ0n) is 17.3. The number of hydrogen-bond donors (Lipinski definition) is 1. The van der Waals surface area contributed by atoms with Crippen molar-refractivity contribution < 1.29 is 27.9 Å². The highest BCUT2D eigenvalue weighted by molar-refractivity contribution is 5.76. The molecule has 2 heterocycles. The Balaban J connectivity index is 1.51. The van der Waals surface area contributed by atoms with Gasteiger partial charge in [0.25, 0.3) is 0 Å². The van der Waals surface area contributed by atoms with E-state index in [9.17, 15) is 22.8 Å². The SMILES string of the molecule is O=C(O)CCCCCCCCCCCCC(=O)N1CCn2c(nnc2C(F)(F)F)C1. The summed E-state index contributed by atoms with van der Waals surface area (Å²) < 4.78 is 39.6. The van der Waals surface area contributed by atoms with Crippen LogP contribution in [0, 0.1) is 0 Å². The van der Waals surface area contributed by atoms with Crippen molar-refractivity contribution in [3.05, 3.63) is 11.6 Å². The number of hydrogen-bond acceptors (Lipinski definition) is 4. The van der Waals surface area contributed by atoms with Crippen LogP contribution < -0.4 is 0 Å². The lowest BCUT2D eigenvalue weighted by molar-refractivity contribution is -0.148. The molecule has 2 rings (SSSR count). The highest BCUT2D eigenvalue weighted by Crippen LogP contribution is 2.29. The summed E-state index contributed by atoms with van der Waals surface area (Å²) in [4.78, 5) is 24.3. The monoisotopic (exact) mass is 432 g/mol. The topological polar surface area (TPSA) is 88.3 Å². The second kappa shape index (κ2) is 11.9. The van der Waals surface area contributed by atoms with Gasteiger partial charge in [0.1, 0.15) is 0 Å². The van der Waals surface area contributed by atoms with Crippen molar-refractivity contribution in [1.29, 1.82) is 0 Å². The predicted molar refractivity (Wildman–Crippen MR) is 103 cm³/mol. The summed E-state index contributed by atoms with van der Waals surface area (Å²) in [7, 11) is 0. The Hall–Kier alpha value is -2.13. The first-order valence-corrected chi connectivity index (χ1v) is 10.8. The maximum atomic E-state index is 12.9. The summed E-state index contributed by atoms with van der Waals surface area (Å²) in [5.74, 6) is -1.58. The van der Waals surface area contributed by atoms with Gasteiger partial charge in [0.2, 0.25) is 11.7 Å². The van der Waals surface area contributed by atoms with E-state index in [1.807, 2.05) is 0 Å². The highest BCUT2D eigenvalue weighted by Gasteiger charge is 2.39. The van der Waals surface area contributed by atoms with Crippen molar-refractivity contribution in [2.24, 2.45) is 0 Å². The van der Waals surface area contributed by atoms with Crippen LogP contribution in [-0.2, 0) is 28.9 Å². The van der Waals surface area contributed by atoms with Gasteiger partial charge < -0.3 is 14.6 Å². The normalized spacial score (nSPS) is 14.0. The molecule has 170 valence electrons. The van der Waals surface area contributed by atoms with Crippen LogP contribution in [0.1, 0.15) is 88.7 Å². The van der Waals surface area contributed by atoms with Crippen molar-refractivity contribution >= 4 is 11.9 Å². The van der Waals surface area contributed by atoms with Crippen LogP contribution in [0.3, 0.4) is 0 Å². The Bertz CT molecular complexity index is 691. The van der Waals surface area contributed by atoms with Gasteiger partial charge in [0.15, 0.2) is 5.82 Å². The standard InChI is InChI=1S/C20H31F3N4O3/c21-20(22,23)19-25-24-16-15-26(13-14-27(16)19)17(28)11-9-7-5-3-1-2-4-6-8-10-12-18(29)30/h1-15H2,(H,29,30). The Morgan fingerprint density at radius 3 is 1.90 bits per heavy atom. The number of halogens is 3. The van der Waals surface area contributed by atoms with E-state index in [4.69, 9.17) is 5.11 Å². The molecule has 0 radical (unpaired) electrons. The average Bonchev–Trinajstić information content (AvgIpc) is 3.12. The molecule has 0 aromatic carbocycles. The molecule has 30 heavy (non-hydrogen) atoms. The summed E-state index contributed by atoms with van der Waals surface area (Å²) in [6.07, 6.45) is 6.30. The smallest absolute Gasteiger partial charge is 0.451 e. The average molecular weight is 432 g/mol. The van der Waals surface area contributed by atoms with Gasteiger partial charge in [-0.3, -0.25) is 9.59 Å². The molecule has 1 aliphatic rings. The lowest BCUT2D eigenvalue weighted by Gasteiger charge is -2.28. The van der Waals surface area contributed by atoms with Crippen LogP contribution in [0.15, 0.2) is 0 Å². The molecule has 0 bridgehead atoms. The van der Waals surface area contributed by atoms with E-state index in [-0.39, 0.29) is 37.8 Å². The zero-order valence-corrected chi connectivity index (χ0v) is 17.3. The fourth-order valence-electron chi connectivity index (χ4n) is 3.71. The molecular weight excluding hydrogens is 401 g/mol. The van der Waals surface area contributed by atoms with Crippen molar-refractivity contribution in [2.75, 3.05) is 6.54 Å². The number of alkyl halides is 3. The fraction of sp³-hybridized carbons (Fsp3) is 0.800. The second-order valence-electron chi connectivity index (χ2n) is 7.83. The third-order valence-electron chi connectivity index (χ3n) is 5.39. The quantitative estimate of drug-likeness (QED) is 0.467. The van der Waals surface area contributed by atoms with Gasteiger partial charge >= 0.3 is 12.1 Å². The molecule has 1 N–H and O–H groups in total. The van der Waals surface area contributed by atoms with E-state index in [2.05, 4.69) is 10.2 Å². The first kappa shape index (κ1) is 24.1. The Kier molecular flexibility index (Phi) is 9.58. The molecule has 1 amide bonds. The van der Waals surface area contributed by atoms with Gasteiger partial charge in [-0.2, -0.15) is 13.2 Å². The molecule has 0 unspecified atom stereocenters. The fourth-order valence-corrected chi connectivity index (χ4v) is 3.71. The van der Waals surface area contributed by atoms with Crippen LogP contribution in [0.4, 0.5) is 13.2 Å². The summed E-state index contributed by atoms with van der Waals surface area (Å²) in [6, 6.07) is 0. The molecule has 1 aromatic rings. The molecule has 0 saturated heterocycles. The molecule has 0 spiro atoms. The first-order valence-electron chi connectivity index (χ1n) is 10.8. The van der Waals surface area contributed by atoms with E-state index in [1.165, 1.54) is 0 Å². The minimum atomic E-state index is -4.53. The maximum absolute atomic E-state index is 12.9. The number of unbranched alkanes of at least 4 members (excludes halogenated alkanes) is 9. The molecule has 0 saturated carbocycles. The summed E-state index contributed by atoms with van der Waals surface area (Å²) in [6.45, 7) is 0.396. The summed E-state index contributed by atoms with van der Waals surface area (Å²) in [5.41, 5.74) is 0. The summed E-state index contributed by atoms with van der Waals surface area (Å²) in [5, 5.41) is 15.4. The number of aliphatic carboxylic acids is 1. The number of nitrogens with zero attached hydrogens (tertiary/aromatic N) is 4. The third-order valence-corrected chi connectivity index (χ3v) is 5.39. The van der Waals surface area contributed by atoms with Crippen molar-refractivity contribution in [3.8, 4) is 0 Å².